The highest BCUT2D eigenvalue weighted by molar-refractivity contribution is 5.55. The average Bonchev–Trinajstić information content (AvgIpc) is 2.32. The normalized spacial score (nSPS) is 12.8. The van der Waals surface area contributed by atoms with Crippen LogP contribution in [0.3, 0.4) is 0 Å². The number of ether oxygens (including phenoxy) is 1. The Morgan fingerprint density at radius 3 is 2.40 bits per heavy atom. The first-order valence-electron chi connectivity index (χ1n) is 7.19. The van der Waals surface area contributed by atoms with E-state index in [2.05, 4.69) is 42.7 Å². The van der Waals surface area contributed by atoms with Crippen LogP contribution in [0.4, 0.5) is 11.5 Å². The molecule has 0 amide bonds. The monoisotopic (exact) mass is 280 g/mol. The van der Waals surface area contributed by atoms with Crippen molar-refractivity contribution >= 4 is 11.5 Å². The van der Waals surface area contributed by atoms with E-state index in [1.165, 1.54) is 0 Å². The molecular formula is C15H28N4O. The first-order valence-corrected chi connectivity index (χ1v) is 7.19. The lowest BCUT2D eigenvalue weighted by atomic mass is 10.2. The van der Waals surface area contributed by atoms with Gasteiger partial charge in [-0.2, -0.15) is 4.98 Å². The fourth-order valence-corrected chi connectivity index (χ4v) is 2.25. The minimum atomic E-state index is 0.0642. The molecule has 5 heteroatoms. The third kappa shape index (κ3) is 4.56. The predicted octanol–water partition coefficient (Wildman–Crippen LogP) is 2.23. The smallest absolute Gasteiger partial charge is 0.239 e. The van der Waals surface area contributed by atoms with Crippen LogP contribution in [0.2, 0.25) is 0 Å². The Bertz CT molecular complexity index is 420. The number of hydrogen-bond acceptors (Lipinski definition) is 5. The summed E-state index contributed by atoms with van der Waals surface area (Å²) in [5, 5.41) is 0. The number of nitrogen functional groups attached to an aromatic ring is 1. The maximum Gasteiger partial charge on any atom is 0.239 e. The molecule has 0 fully saturated rings. The molecule has 114 valence electrons. The highest BCUT2D eigenvalue weighted by atomic mass is 16.5. The first kappa shape index (κ1) is 16.6. The average molecular weight is 280 g/mol. The van der Waals surface area contributed by atoms with Gasteiger partial charge in [0.1, 0.15) is 5.82 Å². The Hall–Kier alpha value is -1.49. The molecule has 1 aromatic heterocycles. The van der Waals surface area contributed by atoms with Crippen LogP contribution >= 0.6 is 0 Å². The van der Waals surface area contributed by atoms with Gasteiger partial charge in [0.2, 0.25) is 5.88 Å². The van der Waals surface area contributed by atoms with Crippen molar-refractivity contribution in [2.45, 2.75) is 39.8 Å². The summed E-state index contributed by atoms with van der Waals surface area (Å²) in [6, 6.07) is 4.20. The van der Waals surface area contributed by atoms with Crippen LogP contribution in [0.15, 0.2) is 12.1 Å². The lowest BCUT2D eigenvalue weighted by Gasteiger charge is -2.31. The predicted molar refractivity (Wildman–Crippen MR) is 85.4 cm³/mol. The van der Waals surface area contributed by atoms with E-state index >= 15 is 0 Å². The van der Waals surface area contributed by atoms with Gasteiger partial charge in [0, 0.05) is 19.1 Å². The lowest BCUT2D eigenvalue weighted by molar-refractivity contribution is 0.234. The van der Waals surface area contributed by atoms with Gasteiger partial charge in [-0.15, -0.1) is 0 Å². The summed E-state index contributed by atoms with van der Waals surface area (Å²) in [6.07, 6.45) is 0.0642. The van der Waals surface area contributed by atoms with Crippen LogP contribution in [0, 0.1) is 0 Å². The van der Waals surface area contributed by atoms with Crippen molar-refractivity contribution in [2.75, 3.05) is 37.8 Å². The highest BCUT2D eigenvalue weighted by Crippen LogP contribution is 2.25. The van der Waals surface area contributed by atoms with E-state index in [0.29, 0.717) is 17.6 Å². The van der Waals surface area contributed by atoms with Gasteiger partial charge >= 0.3 is 0 Å². The van der Waals surface area contributed by atoms with E-state index in [1.54, 1.807) is 0 Å². The molecule has 1 atom stereocenters. The van der Waals surface area contributed by atoms with Gasteiger partial charge in [-0.3, -0.25) is 0 Å². The molecule has 5 nitrogen and oxygen atoms in total. The van der Waals surface area contributed by atoms with E-state index in [0.717, 1.165) is 18.9 Å². The van der Waals surface area contributed by atoms with Crippen LogP contribution in [0.25, 0.3) is 0 Å². The largest absolute Gasteiger partial charge is 0.473 e. The third-order valence-corrected chi connectivity index (χ3v) is 3.02. The van der Waals surface area contributed by atoms with E-state index in [1.807, 2.05) is 26.0 Å². The van der Waals surface area contributed by atoms with Crippen molar-refractivity contribution in [2.24, 2.45) is 0 Å². The summed E-state index contributed by atoms with van der Waals surface area (Å²) in [4.78, 5) is 9.01. The SMILES string of the molecule is CCN(c1ccc(N)c(OC(C)C)n1)C(C)CN(C)C. The van der Waals surface area contributed by atoms with Gasteiger partial charge in [0.05, 0.1) is 11.8 Å². The lowest BCUT2D eigenvalue weighted by Crippen LogP contribution is -2.40. The Morgan fingerprint density at radius 2 is 1.90 bits per heavy atom. The van der Waals surface area contributed by atoms with Gasteiger partial charge in [-0.05, 0) is 53.9 Å². The Labute approximate surface area is 122 Å². The summed E-state index contributed by atoms with van der Waals surface area (Å²) < 4.78 is 5.67. The molecule has 1 rings (SSSR count). The van der Waals surface area contributed by atoms with Crippen molar-refractivity contribution in [3.63, 3.8) is 0 Å². The maximum absolute atomic E-state index is 5.92. The third-order valence-electron chi connectivity index (χ3n) is 3.02. The molecule has 1 heterocycles. The molecule has 0 aliphatic heterocycles. The van der Waals surface area contributed by atoms with Gasteiger partial charge in [-0.1, -0.05) is 0 Å². The van der Waals surface area contributed by atoms with Gasteiger partial charge < -0.3 is 20.3 Å². The minimum Gasteiger partial charge on any atom is -0.473 e. The zero-order valence-electron chi connectivity index (χ0n) is 13.6. The first-order chi connectivity index (χ1) is 9.35. The topological polar surface area (TPSA) is 54.6 Å². The standard InChI is InChI=1S/C15H28N4O/c1-7-19(12(4)10-18(5)6)14-9-8-13(16)15(17-14)20-11(2)3/h8-9,11-12H,7,10,16H2,1-6H3. The Kier molecular flexibility index (Phi) is 6.07. The summed E-state index contributed by atoms with van der Waals surface area (Å²) in [6.45, 7) is 10.1. The van der Waals surface area contributed by atoms with Crippen molar-refractivity contribution in [3.8, 4) is 5.88 Å². The van der Waals surface area contributed by atoms with Crippen molar-refractivity contribution in [1.29, 1.82) is 0 Å². The number of hydrogen-bond donors (Lipinski definition) is 1. The number of rotatable bonds is 7. The maximum atomic E-state index is 5.92. The van der Waals surface area contributed by atoms with Crippen molar-refractivity contribution in [3.05, 3.63) is 12.1 Å². The van der Waals surface area contributed by atoms with Crippen LogP contribution in [-0.4, -0.2) is 49.2 Å². The van der Waals surface area contributed by atoms with Crippen LogP contribution in [0.1, 0.15) is 27.7 Å². The molecule has 2 N–H and O–H groups in total. The minimum absolute atomic E-state index is 0.0642. The second-order valence-corrected chi connectivity index (χ2v) is 5.63. The van der Waals surface area contributed by atoms with Crippen molar-refractivity contribution < 1.29 is 4.74 Å². The second kappa shape index (κ2) is 7.33. The Morgan fingerprint density at radius 1 is 1.25 bits per heavy atom. The molecule has 1 aromatic rings. The fourth-order valence-electron chi connectivity index (χ4n) is 2.25. The van der Waals surface area contributed by atoms with Crippen LogP contribution in [0.5, 0.6) is 5.88 Å². The van der Waals surface area contributed by atoms with E-state index in [9.17, 15) is 0 Å². The molecular weight excluding hydrogens is 252 g/mol. The van der Waals surface area contributed by atoms with E-state index in [4.69, 9.17) is 10.5 Å². The quantitative estimate of drug-likeness (QED) is 0.830. The number of pyridine rings is 1. The summed E-state index contributed by atoms with van der Waals surface area (Å²) in [5.74, 6) is 1.43. The molecule has 0 saturated heterocycles. The molecule has 0 saturated carbocycles. The fraction of sp³-hybridized carbons (Fsp3) is 0.667. The Balaban J connectivity index is 2.97. The van der Waals surface area contributed by atoms with Gasteiger partial charge in [-0.25, -0.2) is 0 Å². The molecule has 0 aromatic carbocycles. The molecule has 1 unspecified atom stereocenters. The molecule has 0 bridgehead atoms. The van der Waals surface area contributed by atoms with Gasteiger partial charge in [0.25, 0.3) is 0 Å². The molecule has 0 aliphatic rings. The summed E-state index contributed by atoms with van der Waals surface area (Å²) in [5.41, 5.74) is 6.50. The van der Waals surface area contributed by atoms with E-state index in [-0.39, 0.29) is 6.10 Å². The zero-order valence-corrected chi connectivity index (χ0v) is 13.6. The molecule has 20 heavy (non-hydrogen) atoms. The molecule has 0 aliphatic carbocycles. The highest BCUT2D eigenvalue weighted by Gasteiger charge is 2.16. The van der Waals surface area contributed by atoms with E-state index < -0.39 is 0 Å². The van der Waals surface area contributed by atoms with Gasteiger partial charge in [0.15, 0.2) is 0 Å². The number of anilines is 2. The van der Waals surface area contributed by atoms with Crippen molar-refractivity contribution in [1.82, 2.24) is 9.88 Å². The molecule has 0 radical (unpaired) electrons. The number of nitrogens with two attached hydrogens (primary N) is 1. The zero-order chi connectivity index (χ0) is 15.3. The number of nitrogens with zero attached hydrogens (tertiary/aromatic N) is 3. The molecule has 0 spiro atoms. The number of likely N-dealkylation sites (N-methyl/N-ethyl adjacent to an activating group) is 2. The summed E-state index contributed by atoms with van der Waals surface area (Å²) in [7, 11) is 4.15. The van der Waals surface area contributed by atoms with Crippen LogP contribution in [-0.2, 0) is 0 Å². The van der Waals surface area contributed by atoms with Crippen LogP contribution < -0.4 is 15.4 Å². The number of aromatic nitrogens is 1. The summed E-state index contributed by atoms with van der Waals surface area (Å²) >= 11 is 0. The second-order valence-electron chi connectivity index (χ2n) is 5.63.